The standard InChI is InChI=1S/C25H20N4OS/c30-22-13-7-8-14-29(22)15-21(19-11-5-2-6-12-19)28-24-23-20(18-9-3-1-4-10-18)16-31-25(23)27-17-26-24/h1-14,16-17,21H,15H2,(H,26,27,28). The number of thiophene rings is 1. The van der Waals surface area contributed by atoms with E-state index >= 15 is 0 Å². The van der Waals surface area contributed by atoms with Crippen LogP contribution >= 0.6 is 11.3 Å². The van der Waals surface area contributed by atoms with Crippen LogP contribution < -0.4 is 10.9 Å². The Labute approximate surface area is 183 Å². The number of hydrogen-bond acceptors (Lipinski definition) is 5. The van der Waals surface area contributed by atoms with Crippen molar-refractivity contribution in [2.24, 2.45) is 0 Å². The molecule has 0 aliphatic heterocycles. The number of fused-ring (bicyclic) bond motifs is 1. The van der Waals surface area contributed by atoms with Crippen molar-refractivity contribution in [2.75, 3.05) is 5.32 Å². The number of hydrogen-bond donors (Lipinski definition) is 1. The van der Waals surface area contributed by atoms with Crippen molar-refractivity contribution >= 4 is 27.4 Å². The van der Waals surface area contributed by atoms with Gasteiger partial charge in [-0.1, -0.05) is 66.7 Å². The Kier molecular flexibility index (Phi) is 5.29. The summed E-state index contributed by atoms with van der Waals surface area (Å²) in [7, 11) is 0. The fourth-order valence-corrected chi connectivity index (χ4v) is 4.62. The Morgan fingerprint density at radius 2 is 1.65 bits per heavy atom. The molecule has 152 valence electrons. The third kappa shape index (κ3) is 3.98. The molecule has 0 saturated carbocycles. The van der Waals surface area contributed by atoms with Crippen LogP contribution in [-0.2, 0) is 6.54 Å². The van der Waals surface area contributed by atoms with Crippen molar-refractivity contribution in [3.8, 4) is 11.1 Å². The molecule has 1 atom stereocenters. The summed E-state index contributed by atoms with van der Waals surface area (Å²) in [6, 6.07) is 25.5. The van der Waals surface area contributed by atoms with Crippen LogP contribution in [0.25, 0.3) is 21.3 Å². The molecule has 0 amide bonds. The van der Waals surface area contributed by atoms with Crippen molar-refractivity contribution in [1.82, 2.24) is 14.5 Å². The van der Waals surface area contributed by atoms with E-state index in [1.165, 1.54) is 0 Å². The predicted octanol–water partition coefficient (Wildman–Crippen LogP) is 5.37. The van der Waals surface area contributed by atoms with Crippen molar-refractivity contribution in [3.63, 3.8) is 0 Å². The maximum atomic E-state index is 12.4. The third-order valence-electron chi connectivity index (χ3n) is 5.25. The molecule has 5 aromatic rings. The van der Waals surface area contributed by atoms with Gasteiger partial charge in [-0.15, -0.1) is 11.3 Å². The van der Waals surface area contributed by atoms with Gasteiger partial charge in [0.15, 0.2) is 0 Å². The van der Waals surface area contributed by atoms with Crippen molar-refractivity contribution in [3.05, 3.63) is 113 Å². The van der Waals surface area contributed by atoms with E-state index in [4.69, 9.17) is 0 Å². The summed E-state index contributed by atoms with van der Waals surface area (Å²) in [6.45, 7) is 0.486. The van der Waals surface area contributed by atoms with Crippen molar-refractivity contribution in [1.29, 1.82) is 0 Å². The first-order valence-electron chi connectivity index (χ1n) is 10.0. The molecule has 31 heavy (non-hydrogen) atoms. The normalized spacial score (nSPS) is 12.0. The Balaban J connectivity index is 1.59. The van der Waals surface area contributed by atoms with Crippen LogP contribution in [0.3, 0.4) is 0 Å². The van der Waals surface area contributed by atoms with Gasteiger partial charge in [-0.25, -0.2) is 9.97 Å². The minimum atomic E-state index is -0.136. The Morgan fingerprint density at radius 1 is 0.903 bits per heavy atom. The summed E-state index contributed by atoms with van der Waals surface area (Å²) in [6.07, 6.45) is 3.40. The van der Waals surface area contributed by atoms with E-state index in [0.717, 1.165) is 32.7 Å². The molecule has 1 unspecified atom stereocenters. The molecule has 0 radical (unpaired) electrons. The molecule has 3 heterocycles. The molecule has 5 rings (SSSR count). The molecular weight excluding hydrogens is 404 g/mol. The Bertz CT molecular complexity index is 1360. The second kappa shape index (κ2) is 8.53. The number of anilines is 1. The van der Waals surface area contributed by atoms with E-state index in [1.54, 1.807) is 34.4 Å². The highest BCUT2D eigenvalue weighted by Gasteiger charge is 2.18. The molecule has 6 heteroatoms. The smallest absolute Gasteiger partial charge is 0.250 e. The summed E-state index contributed by atoms with van der Waals surface area (Å²) in [4.78, 5) is 22.4. The topological polar surface area (TPSA) is 59.8 Å². The van der Waals surface area contributed by atoms with Gasteiger partial charge < -0.3 is 9.88 Å². The zero-order valence-corrected chi connectivity index (χ0v) is 17.5. The maximum absolute atomic E-state index is 12.4. The molecule has 1 N–H and O–H groups in total. The number of aromatic nitrogens is 3. The SMILES string of the molecule is O=c1ccccn1CC(Nc1ncnc2scc(-c3ccccc3)c12)c1ccccc1. The fourth-order valence-electron chi connectivity index (χ4n) is 3.71. The van der Waals surface area contributed by atoms with E-state index in [9.17, 15) is 4.79 Å². The van der Waals surface area contributed by atoms with Gasteiger partial charge in [0, 0.05) is 23.2 Å². The van der Waals surface area contributed by atoms with Crippen molar-refractivity contribution in [2.45, 2.75) is 12.6 Å². The quantitative estimate of drug-likeness (QED) is 0.398. The Morgan fingerprint density at radius 3 is 2.42 bits per heavy atom. The van der Waals surface area contributed by atoms with Crippen LogP contribution in [0, 0.1) is 0 Å². The number of nitrogens with zero attached hydrogens (tertiary/aromatic N) is 3. The molecule has 3 aromatic heterocycles. The number of benzene rings is 2. The van der Waals surface area contributed by atoms with Gasteiger partial charge in [0.05, 0.1) is 18.0 Å². The first-order chi connectivity index (χ1) is 15.3. The first kappa shape index (κ1) is 19.2. The van der Waals surface area contributed by atoms with Crippen molar-refractivity contribution < 1.29 is 0 Å². The van der Waals surface area contributed by atoms with Gasteiger partial charge in [-0.3, -0.25) is 4.79 Å². The monoisotopic (exact) mass is 424 g/mol. The van der Waals surface area contributed by atoms with E-state index in [1.807, 2.05) is 48.7 Å². The molecule has 0 aliphatic carbocycles. The molecule has 0 fully saturated rings. The minimum Gasteiger partial charge on any atom is -0.361 e. The van der Waals surface area contributed by atoms with E-state index < -0.39 is 0 Å². The minimum absolute atomic E-state index is 0.0291. The van der Waals surface area contributed by atoms with Gasteiger partial charge in [0.2, 0.25) is 0 Å². The average molecular weight is 425 g/mol. The Hall–Kier alpha value is -3.77. The zero-order valence-electron chi connectivity index (χ0n) is 16.7. The second-order valence-electron chi connectivity index (χ2n) is 7.22. The van der Waals surface area contributed by atoms with Crippen LogP contribution in [-0.4, -0.2) is 14.5 Å². The third-order valence-corrected chi connectivity index (χ3v) is 6.13. The number of rotatable bonds is 6. The largest absolute Gasteiger partial charge is 0.361 e. The average Bonchev–Trinajstić information content (AvgIpc) is 3.26. The molecule has 2 aromatic carbocycles. The lowest BCUT2D eigenvalue weighted by molar-refractivity contribution is 0.589. The molecule has 0 bridgehead atoms. The van der Waals surface area contributed by atoms with Crippen LogP contribution in [0.5, 0.6) is 0 Å². The molecular formula is C25H20N4OS. The van der Waals surface area contributed by atoms with Gasteiger partial charge in [-0.2, -0.15) is 0 Å². The zero-order chi connectivity index (χ0) is 21.0. The van der Waals surface area contributed by atoms with E-state index in [2.05, 4.69) is 44.9 Å². The van der Waals surface area contributed by atoms with Crippen LogP contribution in [0.15, 0.2) is 102 Å². The molecule has 5 nitrogen and oxygen atoms in total. The second-order valence-corrected chi connectivity index (χ2v) is 8.07. The fraction of sp³-hybridized carbons (Fsp3) is 0.0800. The first-order valence-corrected chi connectivity index (χ1v) is 10.9. The lowest BCUT2D eigenvalue weighted by atomic mass is 10.0. The van der Waals surface area contributed by atoms with Crippen LogP contribution in [0.4, 0.5) is 5.82 Å². The molecule has 0 spiro atoms. The van der Waals surface area contributed by atoms with Gasteiger partial charge >= 0.3 is 0 Å². The summed E-state index contributed by atoms with van der Waals surface area (Å²) < 4.78 is 1.72. The number of pyridine rings is 1. The lowest BCUT2D eigenvalue weighted by Crippen LogP contribution is -2.25. The van der Waals surface area contributed by atoms with Crippen LogP contribution in [0.2, 0.25) is 0 Å². The lowest BCUT2D eigenvalue weighted by Gasteiger charge is -2.21. The highest BCUT2D eigenvalue weighted by atomic mass is 32.1. The summed E-state index contributed by atoms with van der Waals surface area (Å²) in [5.41, 5.74) is 3.29. The maximum Gasteiger partial charge on any atom is 0.250 e. The highest BCUT2D eigenvalue weighted by Crippen LogP contribution is 2.37. The van der Waals surface area contributed by atoms with Crippen LogP contribution in [0.1, 0.15) is 11.6 Å². The predicted molar refractivity (Wildman–Crippen MR) is 126 cm³/mol. The summed E-state index contributed by atoms with van der Waals surface area (Å²) >= 11 is 1.61. The van der Waals surface area contributed by atoms with E-state index in [0.29, 0.717) is 6.54 Å². The van der Waals surface area contributed by atoms with Gasteiger partial charge in [-0.05, 0) is 17.2 Å². The summed E-state index contributed by atoms with van der Waals surface area (Å²) in [5.74, 6) is 0.767. The highest BCUT2D eigenvalue weighted by molar-refractivity contribution is 7.17. The van der Waals surface area contributed by atoms with Gasteiger partial charge in [0.25, 0.3) is 5.56 Å². The van der Waals surface area contributed by atoms with Gasteiger partial charge in [0.1, 0.15) is 17.0 Å². The number of nitrogens with one attached hydrogen (secondary N) is 1. The summed E-state index contributed by atoms with van der Waals surface area (Å²) in [5, 5.41) is 6.73. The molecule has 0 saturated heterocycles. The molecule has 0 aliphatic rings. The van der Waals surface area contributed by atoms with E-state index in [-0.39, 0.29) is 11.6 Å².